The van der Waals surface area contributed by atoms with E-state index in [1.807, 2.05) is 0 Å². The topological polar surface area (TPSA) is 102 Å². The predicted octanol–water partition coefficient (Wildman–Crippen LogP) is 13.9. The lowest BCUT2D eigenvalue weighted by molar-refractivity contribution is -0.154. The van der Waals surface area contributed by atoms with E-state index in [9.17, 15) is 9.36 Å². The summed E-state index contributed by atoms with van der Waals surface area (Å²) in [5.41, 5.74) is 0. The van der Waals surface area contributed by atoms with Crippen LogP contribution in [0.2, 0.25) is 0 Å². The third-order valence-electron chi connectivity index (χ3n) is 9.82. The van der Waals surface area contributed by atoms with Crippen LogP contribution in [0.3, 0.4) is 0 Å². The van der Waals surface area contributed by atoms with E-state index in [1.54, 1.807) is 0 Å². The summed E-state index contributed by atoms with van der Waals surface area (Å²) in [6.45, 7) is 4.79. The Balaban J connectivity index is 3.74. The highest BCUT2D eigenvalue weighted by atomic mass is 31.2. The molecule has 0 aromatic carbocycles. The molecule has 0 amide bonds. The second-order valence-corrected chi connectivity index (χ2v) is 16.3. The molecule has 0 unspecified atom stereocenters. The van der Waals surface area contributed by atoms with Gasteiger partial charge in [-0.25, -0.2) is 4.57 Å². The molecule has 304 valence electrons. The number of phosphoric ester groups is 1. The van der Waals surface area contributed by atoms with Gasteiger partial charge >= 0.3 is 13.8 Å². The Morgan fingerprint density at radius 1 is 0.510 bits per heavy atom. The average Bonchev–Trinajstić information content (AvgIpc) is 3.10. The van der Waals surface area contributed by atoms with Gasteiger partial charge in [-0.1, -0.05) is 199 Å². The van der Waals surface area contributed by atoms with Crippen molar-refractivity contribution in [2.45, 2.75) is 238 Å². The Labute approximate surface area is 316 Å². The van der Waals surface area contributed by atoms with Gasteiger partial charge < -0.3 is 19.3 Å². The summed E-state index contributed by atoms with van der Waals surface area (Å²) < 4.78 is 27.0. The maximum atomic E-state index is 12.4. The summed E-state index contributed by atoms with van der Waals surface area (Å²) in [7, 11) is -4.65. The molecule has 0 rings (SSSR count). The zero-order chi connectivity index (χ0) is 37.4. The average molecular weight is 745 g/mol. The molecule has 0 saturated heterocycles. The van der Waals surface area contributed by atoms with E-state index >= 15 is 0 Å². The van der Waals surface area contributed by atoms with Crippen molar-refractivity contribution in [3.05, 3.63) is 12.2 Å². The number of phosphoric acid groups is 1. The summed E-state index contributed by atoms with van der Waals surface area (Å²) in [5, 5.41) is 0. The molecule has 0 aliphatic rings. The maximum Gasteiger partial charge on any atom is 0.469 e. The van der Waals surface area contributed by atoms with Crippen LogP contribution in [0.25, 0.3) is 0 Å². The number of hydrogen-bond acceptors (Lipinski definition) is 5. The zero-order valence-corrected chi connectivity index (χ0v) is 34.7. The fourth-order valence-corrected chi connectivity index (χ4v) is 6.92. The van der Waals surface area contributed by atoms with Gasteiger partial charge in [0.05, 0.1) is 13.2 Å². The van der Waals surface area contributed by atoms with Gasteiger partial charge in [0.1, 0.15) is 6.10 Å². The minimum absolute atomic E-state index is 0.0823. The molecule has 0 bridgehead atoms. The van der Waals surface area contributed by atoms with Crippen LogP contribution in [0.5, 0.6) is 0 Å². The number of rotatable bonds is 42. The minimum atomic E-state index is -4.65. The second kappa shape index (κ2) is 40.5. The van der Waals surface area contributed by atoms with E-state index in [-0.39, 0.29) is 19.2 Å². The predicted molar refractivity (Wildman–Crippen MR) is 216 cm³/mol. The first-order valence-electron chi connectivity index (χ1n) is 22.0. The first kappa shape index (κ1) is 50.3. The molecule has 0 aliphatic carbocycles. The number of carbonyl (C=O) groups excluding carboxylic acids is 1. The molecule has 0 aromatic rings. The highest BCUT2D eigenvalue weighted by molar-refractivity contribution is 7.46. The van der Waals surface area contributed by atoms with Crippen molar-refractivity contribution in [1.82, 2.24) is 0 Å². The van der Waals surface area contributed by atoms with Gasteiger partial charge in [0.2, 0.25) is 0 Å². The highest BCUT2D eigenvalue weighted by Crippen LogP contribution is 2.36. The number of unbranched alkanes of at least 4 members (excludes halogenated alkanes) is 30. The lowest BCUT2D eigenvalue weighted by Crippen LogP contribution is -2.28. The van der Waals surface area contributed by atoms with Gasteiger partial charge in [0, 0.05) is 13.0 Å². The van der Waals surface area contributed by atoms with Crippen molar-refractivity contribution < 1.29 is 33.1 Å². The molecule has 2 N–H and O–H groups in total. The van der Waals surface area contributed by atoms with Crippen LogP contribution < -0.4 is 0 Å². The van der Waals surface area contributed by atoms with E-state index in [2.05, 4.69) is 30.5 Å². The van der Waals surface area contributed by atoms with Crippen molar-refractivity contribution in [3.63, 3.8) is 0 Å². The van der Waals surface area contributed by atoms with Crippen LogP contribution in [0, 0.1) is 0 Å². The molecule has 1 atom stereocenters. The third kappa shape index (κ3) is 43.6. The smallest absolute Gasteiger partial charge is 0.457 e. The van der Waals surface area contributed by atoms with Gasteiger partial charge in [-0.05, 0) is 38.5 Å². The summed E-state index contributed by atoms with van der Waals surface area (Å²) in [6.07, 6.45) is 46.4. The van der Waals surface area contributed by atoms with E-state index in [4.69, 9.17) is 19.3 Å². The summed E-state index contributed by atoms with van der Waals surface area (Å²) in [5.74, 6) is -0.362. The fourth-order valence-electron chi connectivity index (χ4n) is 6.56. The van der Waals surface area contributed by atoms with E-state index in [0.29, 0.717) is 13.0 Å². The van der Waals surface area contributed by atoms with Crippen molar-refractivity contribution in [2.75, 3.05) is 19.8 Å². The molecule has 0 saturated carbocycles. The number of carbonyl (C=O) groups is 1. The molecular weight excluding hydrogens is 659 g/mol. The van der Waals surface area contributed by atoms with E-state index in [0.717, 1.165) is 32.1 Å². The van der Waals surface area contributed by atoms with Crippen molar-refractivity contribution in [2.24, 2.45) is 0 Å². The summed E-state index contributed by atoms with van der Waals surface area (Å²) in [4.78, 5) is 30.6. The van der Waals surface area contributed by atoms with Gasteiger partial charge in [0.25, 0.3) is 0 Å². The molecule has 0 radical (unpaired) electrons. The van der Waals surface area contributed by atoms with E-state index in [1.165, 1.54) is 180 Å². The molecule has 0 spiro atoms. The quantitative estimate of drug-likeness (QED) is 0.0278. The lowest BCUT2D eigenvalue weighted by Gasteiger charge is -2.18. The van der Waals surface area contributed by atoms with Crippen LogP contribution in [-0.4, -0.2) is 41.7 Å². The molecule has 0 fully saturated rings. The van der Waals surface area contributed by atoms with Crippen LogP contribution in [0.15, 0.2) is 12.2 Å². The SMILES string of the molecule is CCCCCCCC/C=C\CCCCCCCCCC(=O)O[C@H](COCCCCCCCCCCCCCCCCCCCC)COP(=O)(O)O. The molecule has 51 heavy (non-hydrogen) atoms. The molecule has 8 heteroatoms. The largest absolute Gasteiger partial charge is 0.469 e. The standard InChI is InChI=1S/C43H85O7P/c1-3-5-7-9-11-13-15-17-19-21-23-25-27-29-31-33-35-37-39-48-40-42(41-49-51(45,46)47)50-43(44)38-36-34-32-30-28-26-24-22-20-18-16-14-12-10-8-6-4-2/h18,20,42H,3-17,19,21-41H2,1-2H3,(H2,45,46,47)/b20-18-/t42-/m1/s1. The van der Waals surface area contributed by atoms with Crippen LogP contribution >= 0.6 is 7.82 Å². The third-order valence-corrected chi connectivity index (χ3v) is 10.3. The molecule has 7 nitrogen and oxygen atoms in total. The van der Waals surface area contributed by atoms with Crippen molar-refractivity contribution in [1.29, 1.82) is 0 Å². The second-order valence-electron chi connectivity index (χ2n) is 15.0. The lowest BCUT2D eigenvalue weighted by atomic mass is 10.0. The number of ether oxygens (including phenoxy) is 2. The first-order chi connectivity index (χ1) is 24.9. The van der Waals surface area contributed by atoms with Crippen LogP contribution in [-0.2, 0) is 23.4 Å². The normalized spacial score (nSPS) is 12.6. The van der Waals surface area contributed by atoms with Crippen molar-refractivity contribution in [3.8, 4) is 0 Å². The first-order valence-corrected chi connectivity index (χ1v) is 23.5. The number of allylic oxidation sites excluding steroid dienone is 2. The number of hydrogen-bond donors (Lipinski definition) is 2. The van der Waals surface area contributed by atoms with Gasteiger partial charge in [0.15, 0.2) is 0 Å². The molecular formula is C43H85O7P. The number of esters is 1. The summed E-state index contributed by atoms with van der Waals surface area (Å²) in [6, 6.07) is 0. The minimum Gasteiger partial charge on any atom is -0.457 e. The molecule has 0 aliphatic heterocycles. The monoisotopic (exact) mass is 745 g/mol. The van der Waals surface area contributed by atoms with Crippen LogP contribution in [0.4, 0.5) is 0 Å². The maximum absolute atomic E-state index is 12.4. The van der Waals surface area contributed by atoms with Crippen LogP contribution in [0.1, 0.15) is 232 Å². The van der Waals surface area contributed by atoms with Gasteiger partial charge in [-0.2, -0.15) is 0 Å². The van der Waals surface area contributed by atoms with Gasteiger partial charge in [-0.3, -0.25) is 9.32 Å². The summed E-state index contributed by atoms with van der Waals surface area (Å²) >= 11 is 0. The zero-order valence-electron chi connectivity index (χ0n) is 33.8. The molecule has 0 heterocycles. The Morgan fingerprint density at radius 3 is 1.25 bits per heavy atom. The van der Waals surface area contributed by atoms with E-state index < -0.39 is 13.9 Å². The Hall–Kier alpha value is -0.720. The Morgan fingerprint density at radius 2 is 0.863 bits per heavy atom. The Bertz CT molecular complexity index is 784. The Kier molecular flexibility index (Phi) is 39.9. The van der Waals surface area contributed by atoms with Crippen molar-refractivity contribution >= 4 is 13.8 Å². The highest BCUT2D eigenvalue weighted by Gasteiger charge is 2.21. The fraction of sp³-hybridized carbons (Fsp3) is 0.930. The van der Waals surface area contributed by atoms with Gasteiger partial charge in [-0.15, -0.1) is 0 Å². The molecule has 0 aromatic heterocycles.